The molecular weight excluding hydrogens is 334 g/mol. The van der Waals surface area contributed by atoms with Gasteiger partial charge in [-0.05, 0) is 18.6 Å². The van der Waals surface area contributed by atoms with Gasteiger partial charge in [0.05, 0.1) is 12.5 Å². The zero-order chi connectivity index (χ0) is 18.6. The monoisotopic (exact) mass is 351 g/mol. The quantitative estimate of drug-likeness (QED) is 0.618. The number of carboxylic acids is 1. The SMILES string of the molecule is CCCCC(C(=O)O)n1c(=O)oc2c(OC(=O)OC)cccc2c1=O. The van der Waals surface area contributed by atoms with Gasteiger partial charge in [0.1, 0.15) is 6.04 Å². The minimum atomic E-state index is -1.33. The number of methoxy groups -OCH3 is 1. The molecule has 1 aromatic carbocycles. The van der Waals surface area contributed by atoms with Crippen molar-refractivity contribution in [3.63, 3.8) is 0 Å². The number of para-hydroxylation sites is 1. The van der Waals surface area contributed by atoms with Crippen LogP contribution < -0.4 is 16.1 Å². The molecule has 0 radical (unpaired) electrons. The van der Waals surface area contributed by atoms with Gasteiger partial charge in [-0.2, -0.15) is 0 Å². The molecule has 0 aliphatic rings. The molecule has 0 bridgehead atoms. The fourth-order valence-electron chi connectivity index (χ4n) is 2.38. The number of aromatic nitrogens is 1. The topological polar surface area (TPSA) is 125 Å². The zero-order valence-electron chi connectivity index (χ0n) is 13.7. The van der Waals surface area contributed by atoms with Gasteiger partial charge in [0, 0.05) is 0 Å². The second kappa shape index (κ2) is 7.65. The Hall–Kier alpha value is -3.10. The molecule has 1 aromatic heterocycles. The van der Waals surface area contributed by atoms with E-state index in [0.29, 0.717) is 17.4 Å². The minimum Gasteiger partial charge on any atom is -0.480 e. The number of benzene rings is 1. The van der Waals surface area contributed by atoms with Crippen molar-refractivity contribution in [3.8, 4) is 5.75 Å². The van der Waals surface area contributed by atoms with E-state index in [1.54, 1.807) is 0 Å². The summed E-state index contributed by atoms with van der Waals surface area (Å²) >= 11 is 0. The van der Waals surface area contributed by atoms with Crippen LogP contribution in [0.1, 0.15) is 32.2 Å². The largest absolute Gasteiger partial charge is 0.513 e. The minimum absolute atomic E-state index is 0.0799. The molecule has 0 aliphatic heterocycles. The molecule has 0 fully saturated rings. The number of unbranched alkanes of at least 4 members (excludes halogenated alkanes) is 1. The Morgan fingerprint density at radius 1 is 1.32 bits per heavy atom. The number of rotatable bonds is 6. The first-order valence-corrected chi connectivity index (χ1v) is 7.57. The number of carbonyl (C=O) groups excluding carboxylic acids is 1. The van der Waals surface area contributed by atoms with Crippen molar-refractivity contribution in [2.45, 2.75) is 32.2 Å². The number of carboxylic acid groups (broad SMARTS) is 1. The van der Waals surface area contributed by atoms with E-state index < -0.39 is 29.5 Å². The molecule has 2 rings (SSSR count). The first-order valence-electron chi connectivity index (χ1n) is 7.57. The maximum absolute atomic E-state index is 12.6. The maximum Gasteiger partial charge on any atom is 0.513 e. The van der Waals surface area contributed by atoms with E-state index >= 15 is 0 Å². The molecule has 1 heterocycles. The second-order valence-corrected chi connectivity index (χ2v) is 5.23. The normalized spacial score (nSPS) is 11.9. The average Bonchev–Trinajstić information content (AvgIpc) is 2.58. The van der Waals surface area contributed by atoms with Crippen LogP contribution in [-0.4, -0.2) is 28.9 Å². The van der Waals surface area contributed by atoms with Crippen LogP contribution in [0.5, 0.6) is 5.75 Å². The third-order valence-electron chi connectivity index (χ3n) is 3.60. The first-order chi connectivity index (χ1) is 11.9. The van der Waals surface area contributed by atoms with E-state index in [-0.39, 0.29) is 23.1 Å². The van der Waals surface area contributed by atoms with Gasteiger partial charge in [0.2, 0.25) is 0 Å². The highest BCUT2D eigenvalue weighted by atomic mass is 16.7. The summed E-state index contributed by atoms with van der Waals surface area (Å²) < 4.78 is 14.8. The van der Waals surface area contributed by atoms with Crippen molar-refractivity contribution < 1.29 is 28.6 Å². The van der Waals surface area contributed by atoms with Gasteiger partial charge in [-0.25, -0.2) is 19.0 Å². The second-order valence-electron chi connectivity index (χ2n) is 5.23. The van der Waals surface area contributed by atoms with Crippen LogP contribution in [0.15, 0.2) is 32.2 Å². The number of hydrogen-bond donors (Lipinski definition) is 1. The number of nitrogens with zero attached hydrogens (tertiary/aromatic N) is 1. The Balaban J connectivity index is 2.66. The Morgan fingerprint density at radius 3 is 2.64 bits per heavy atom. The smallest absolute Gasteiger partial charge is 0.480 e. The summed E-state index contributed by atoms with van der Waals surface area (Å²) in [7, 11) is 1.10. The van der Waals surface area contributed by atoms with Crippen LogP contribution in [-0.2, 0) is 9.53 Å². The number of carbonyl (C=O) groups is 2. The predicted octanol–water partition coefficient (Wildman–Crippen LogP) is 1.92. The van der Waals surface area contributed by atoms with Crippen LogP contribution in [0.2, 0.25) is 0 Å². The lowest BCUT2D eigenvalue weighted by Crippen LogP contribution is -2.39. The van der Waals surface area contributed by atoms with Crippen molar-refractivity contribution in [3.05, 3.63) is 39.1 Å². The van der Waals surface area contributed by atoms with Crippen LogP contribution >= 0.6 is 0 Å². The first kappa shape index (κ1) is 18.2. The van der Waals surface area contributed by atoms with Crippen LogP contribution in [0.4, 0.5) is 4.79 Å². The summed E-state index contributed by atoms with van der Waals surface area (Å²) in [6, 6.07) is 2.74. The molecular formula is C16H17NO8. The highest BCUT2D eigenvalue weighted by Crippen LogP contribution is 2.23. The zero-order valence-corrected chi connectivity index (χ0v) is 13.7. The van der Waals surface area contributed by atoms with Crippen LogP contribution in [0, 0.1) is 0 Å². The summed E-state index contributed by atoms with van der Waals surface area (Å²) in [6.07, 6.45) is 0.284. The lowest BCUT2D eigenvalue weighted by Gasteiger charge is -2.14. The summed E-state index contributed by atoms with van der Waals surface area (Å²) in [5.41, 5.74) is -1.08. The number of hydrogen-bond acceptors (Lipinski definition) is 7. The van der Waals surface area contributed by atoms with Crippen molar-refractivity contribution >= 4 is 23.1 Å². The summed E-state index contributed by atoms with van der Waals surface area (Å²) in [4.78, 5) is 47.6. The van der Waals surface area contributed by atoms with Crippen molar-refractivity contribution in [1.29, 1.82) is 0 Å². The molecule has 1 atom stereocenters. The van der Waals surface area contributed by atoms with Gasteiger partial charge in [-0.1, -0.05) is 25.8 Å². The van der Waals surface area contributed by atoms with Gasteiger partial charge in [-0.3, -0.25) is 4.79 Å². The van der Waals surface area contributed by atoms with Crippen LogP contribution in [0.25, 0.3) is 11.0 Å². The van der Waals surface area contributed by atoms with E-state index in [9.17, 15) is 24.3 Å². The van der Waals surface area contributed by atoms with Crippen molar-refractivity contribution in [1.82, 2.24) is 4.57 Å². The van der Waals surface area contributed by atoms with Crippen LogP contribution in [0.3, 0.4) is 0 Å². The van der Waals surface area contributed by atoms with Gasteiger partial charge >= 0.3 is 17.9 Å². The van der Waals surface area contributed by atoms with Crippen molar-refractivity contribution in [2.75, 3.05) is 7.11 Å². The molecule has 0 aliphatic carbocycles. The fourth-order valence-corrected chi connectivity index (χ4v) is 2.38. The predicted molar refractivity (Wildman–Crippen MR) is 86.0 cm³/mol. The van der Waals surface area contributed by atoms with Gasteiger partial charge in [0.15, 0.2) is 11.3 Å². The van der Waals surface area contributed by atoms with E-state index in [2.05, 4.69) is 4.74 Å². The van der Waals surface area contributed by atoms with Crippen molar-refractivity contribution in [2.24, 2.45) is 0 Å². The molecule has 1 N–H and O–H groups in total. The Kier molecular flexibility index (Phi) is 5.58. The average molecular weight is 351 g/mol. The Bertz CT molecular complexity index is 910. The maximum atomic E-state index is 12.6. The highest BCUT2D eigenvalue weighted by molar-refractivity contribution is 5.84. The molecule has 134 valence electrons. The van der Waals surface area contributed by atoms with Gasteiger partial charge < -0.3 is 19.0 Å². The molecule has 9 heteroatoms. The Labute approximate surface area is 141 Å². The summed E-state index contributed by atoms with van der Waals surface area (Å²) in [5.74, 6) is -2.61. The van der Waals surface area contributed by atoms with E-state index in [1.165, 1.54) is 18.2 Å². The molecule has 1 unspecified atom stereocenters. The standard InChI is InChI=1S/C16H17NO8/c1-3-4-7-10(14(19)20)17-13(18)9-6-5-8-11(24-16(22)23-2)12(9)25-15(17)21/h5-6,8,10H,3-4,7H2,1-2H3,(H,19,20). The molecule has 0 amide bonds. The third-order valence-corrected chi connectivity index (χ3v) is 3.60. The van der Waals surface area contributed by atoms with E-state index in [0.717, 1.165) is 7.11 Å². The van der Waals surface area contributed by atoms with E-state index in [4.69, 9.17) is 9.15 Å². The third kappa shape index (κ3) is 3.70. The molecule has 25 heavy (non-hydrogen) atoms. The van der Waals surface area contributed by atoms with Gasteiger partial charge in [0.25, 0.3) is 5.56 Å². The lowest BCUT2D eigenvalue weighted by atomic mass is 10.1. The molecule has 0 saturated heterocycles. The number of ether oxygens (including phenoxy) is 2. The summed E-state index contributed by atoms with van der Waals surface area (Å²) in [6.45, 7) is 1.86. The number of fused-ring (bicyclic) bond motifs is 1. The lowest BCUT2D eigenvalue weighted by molar-refractivity contribution is -0.141. The molecule has 0 spiro atoms. The molecule has 2 aromatic rings. The molecule has 9 nitrogen and oxygen atoms in total. The van der Waals surface area contributed by atoms with E-state index in [1.807, 2.05) is 6.92 Å². The molecule has 0 saturated carbocycles. The van der Waals surface area contributed by atoms with Gasteiger partial charge in [-0.15, -0.1) is 0 Å². The highest BCUT2D eigenvalue weighted by Gasteiger charge is 2.26. The summed E-state index contributed by atoms with van der Waals surface area (Å²) in [5, 5.41) is 9.27. The fraction of sp³-hybridized carbons (Fsp3) is 0.375. The Morgan fingerprint density at radius 2 is 2.04 bits per heavy atom. The number of aliphatic carboxylic acids is 1.